The van der Waals surface area contributed by atoms with E-state index in [9.17, 15) is 0 Å². The molecule has 1 aromatic rings. The Hall–Kier alpha value is -1.12. The lowest BCUT2D eigenvalue weighted by Crippen LogP contribution is -2.56. The van der Waals surface area contributed by atoms with Crippen molar-refractivity contribution in [1.82, 2.24) is 4.90 Å². The van der Waals surface area contributed by atoms with E-state index < -0.39 is 0 Å². The molecular formula is C16H24N2. The number of likely N-dealkylation sites (N-methyl/N-ethyl adjacent to an activating group) is 1. The fourth-order valence-electron chi connectivity index (χ4n) is 3.35. The van der Waals surface area contributed by atoms with Crippen molar-refractivity contribution in [3.05, 3.63) is 47.5 Å². The average molecular weight is 244 g/mol. The molecule has 18 heavy (non-hydrogen) atoms. The van der Waals surface area contributed by atoms with Crippen LogP contribution in [0, 0.1) is 0 Å². The first-order valence-electron chi connectivity index (χ1n) is 6.63. The molecule has 0 fully saturated rings. The lowest BCUT2D eigenvalue weighted by molar-refractivity contribution is 0.152. The third-order valence-electron chi connectivity index (χ3n) is 4.02. The summed E-state index contributed by atoms with van der Waals surface area (Å²) in [6.07, 6.45) is 3.09. The lowest BCUT2D eigenvalue weighted by atomic mass is 9.70. The molecule has 98 valence electrons. The highest BCUT2D eigenvalue weighted by Gasteiger charge is 2.41. The maximum absolute atomic E-state index is 6.81. The van der Waals surface area contributed by atoms with E-state index in [0.29, 0.717) is 6.04 Å². The van der Waals surface area contributed by atoms with Crippen molar-refractivity contribution in [3.63, 3.8) is 0 Å². The monoisotopic (exact) mass is 244 g/mol. The van der Waals surface area contributed by atoms with Crippen LogP contribution in [0.5, 0.6) is 0 Å². The first-order chi connectivity index (χ1) is 8.45. The van der Waals surface area contributed by atoms with Crippen molar-refractivity contribution in [2.24, 2.45) is 5.73 Å². The minimum absolute atomic E-state index is 0.301. The lowest BCUT2D eigenvalue weighted by Gasteiger charge is -2.46. The topological polar surface area (TPSA) is 29.3 Å². The molecule has 2 heteroatoms. The van der Waals surface area contributed by atoms with Crippen molar-refractivity contribution in [3.8, 4) is 0 Å². The number of fused-ring (bicyclic) bond motifs is 1. The van der Waals surface area contributed by atoms with Gasteiger partial charge >= 0.3 is 0 Å². The van der Waals surface area contributed by atoms with Gasteiger partial charge in [-0.05, 0) is 51.4 Å². The summed E-state index contributed by atoms with van der Waals surface area (Å²) in [5.74, 6) is 0. The molecule has 0 saturated carbocycles. The highest BCUT2D eigenvalue weighted by Crippen LogP contribution is 2.39. The Morgan fingerprint density at radius 2 is 2.11 bits per heavy atom. The molecule has 0 amide bonds. The van der Waals surface area contributed by atoms with Crippen molar-refractivity contribution < 1.29 is 0 Å². The van der Waals surface area contributed by atoms with Gasteiger partial charge in [-0.15, -0.1) is 6.58 Å². The molecule has 2 rings (SSSR count). The molecule has 1 aromatic carbocycles. The molecule has 2 atom stereocenters. The summed E-state index contributed by atoms with van der Waals surface area (Å²) in [6, 6.07) is 8.98. The SMILES string of the molecule is C=C(C)CC1(N)c2ccccc2CCC1N(C)C. The Bertz CT molecular complexity index is 450. The Kier molecular flexibility index (Phi) is 3.60. The van der Waals surface area contributed by atoms with Crippen LogP contribution in [0.2, 0.25) is 0 Å². The predicted molar refractivity (Wildman–Crippen MR) is 77.5 cm³/mol. The second kappa shape index (κ2) is 4.87. The standard InChI is InChI=1S/C16H24N2/c1-12(2)11-16(17)14-8-6-5-7-13(14)9-10-15(16)18(3)4/h5-8,15H,1,9-11,17H2,2-4H3. The van der Waals surface area contributed by atoms with E-state index in [-0.39, 0.29) is 5.54 Å². The Morgan fingerprint density at radius 3 is 2.72 bits per heavy atom. The predicted octanol–water partition coefficient (Wildman–Crippen LogP) is 2.68. The van der Waals surface area contributed by atoms with E-state index in [1.54, 1.807) is 0 Å². The third kappa shape index (κ3) is 2.23. The minimum atomic E-state index is -0.301. The molecule has 0 spiro atoms. The molecule has 0 saturated heterocycles. The molecule has 2 N–H and O–H groups in total. The van der Waals surface area contributed by atoms with Gasteiger partial charge in [-0.3, -0.25) is 0 Å². The smallest absolute Gasteiger partial charge is 0.0607 e. The highest BCUT2D eigenvalue weighted by molar-refractivity contribution is 5.39. The summed E-state index contributed by atoms with van der Waals surface area (Å²) in [5.41, 5.74) is 10.4. The van der Waals surface area contributed by atoms with Crippen molar-refractivity contribution in [2.45, 2.75) is 37.8 Å². The van der Waals surface area contributed by atoms with Crippen LogP contribution >= 0.6 is 0 Å². The first-order valence-corrected chi connectivity index (χ1v) is 6.63. The van der Waals surface area contributed by atoms with Crippen LogP contribution in [0.1, 0.15) is 30.9 Å². The number of benzene rings is 1. The second-order valence-electron chi connectivity index (χ2n) is 5.85. The van der Waals surface area contributed by atoms with Crippen LogP contribution in [-0.2, 0) is 12.0 Å². The molecule has 2 unspecified atom stereocenters. The average Bonchev–Trinajstić information content (AvgIpc) is 2.28. The van der Waals surface area contributed by atoms with Crippen LogP contribution in [0.25, 0.3) is 0 Å². The van der Waals surface area contributed by atoms with Gasteiger partial charge in [0, 0.05) is 6.04 Å². The molecular weight excluding hydrogens is 220 g/mol. The zero-order valence-electron chi connectivity index (χ0n) is 11.7. The van der Waals surface area contributed by atoms with Crippen LogP contribution in [-0.4, -0.2) is 25.0 Å². The van der Waals surface area contributed by atoms with E-state index in [1.807, 2.05) is 0 Å². The van der Waals surface area contributed by atoms with Crippen molar-refractivity contribution in [1.29, 1.82) is 0 Å². The summed E-state index contributed by atoms with van der Waals surface area (Å²) < 4.78 is 0. The Balaban J connectivity index is 2.49. The summed E-state index contributed by atoms with van der Waals surface area (Å²) in [4.78, 5) is 2.26. The van der Waals surface area contributed by atoms with Crippen molar-refractivity contribution in [2.75, 3.05) is 14.1 Å². The molecule has 0 aromatic heterocycles. The highest BCUT2D eigenvalue weighted by atomic mass is 15.1. The molecule has 0 heterocycles. The Morgan fingerprint density at radius 1 is 1.44 bits per heavy atom. The van der Waals surface area contributed by atoms with Crippen LogP contribution in [0.3, 0.4) is 0 Å². The zero-order valence-corrected chi connectivity index (χ0v) is 11.7. The summed E-state index contributed by atoms with van der Waals surface area (Å²) >= 11 is 0. The van der Waals surface area contributed by atoms with Gasteiger partial charge in [0.2, 0.25) is 0 Å². The summed E-state index contributed by atoms with van der Waals surface area (Å²) in [6.45, 7) is 6.13. The largest absolute Gasteiger partial charge is 0.320 e. The van der Waals surface area contributed by atoms with Crippen molar-refractivity contribution >= 4 is 0 Å². The molecule has 0 aliphatic heterocycles. The van der Waals surface area contributed by atoms with Crippen LogP contribution in [0.15, 0.2) is 36.4 Å². The zero-order chi connectivity index (χ0) is 13.3. The van der Waals surface area contributed by atoms with Gasteiger partial charge in [0.15, 0.2) is 0 Å². The number of rotatable bonds is 3. The molecule has 0 bridgehead atoms. The van der Waals surface area contributed by atoms with E-state index >= 15 is 0 Å². The van der Waals surface area contributed by atoms with Gasteiger partial charge in [-0.1, -0.05) is 29.8 Å². The van der Waals surface area contributed by atoms with Gasteiger partial charge in [0.05, 0.1) is 5.54 Å². The molecule has 1 aliphatic rings. The normalized spacial score (nSPS) is 27.1. The quantitative estimate of drug-likeness (QED) is 0.828. The molecule has 0 radical (unpaired) electrons. The number of nitrogens with two attached hydrogens (primary N) is 1. The maximum Gasteiger partial charge on any atom is 0.0607 e. The van der Waals surface area contributed by atoms with Gasteiger partial charge in [-0.2, -0.15) is 0 Å². The molecule has 1 aliphatic carbocycles. The van der Waals surface area contributed by atoms with Gasteiger partial charge in [-0.25, -0.2) is 0 Å². The summed E-state index contributed by atoms with van der Waals surface area (Å²) in [5, 5.41) is 0. The van der Waals surface area contributed by atoms with Crippen LogP contribution < -0.4 is 5.73 Å². The van der Waals surface area contributed by atoms with E-state index in [0.717, 1.165) is 24.8 Å². The Labute approximate surface area is 110 Å². The maximum atomic E-state index is 6.81. The number of nitrogens with zero attached hydrogens (tertiary/aromatic N) is 1. The summed E-state index contributed by atoms with van der Waals surface area (Å²) in [7, 11) is 4.25. The molecule has 2 nitrogen and oxygen atoms in total. The number of hydrogen-bond acceptors (Lipinski definition) is 2. The fraction of sp³-hybridized carbons (Fsp3) is 0.500. The number of hydrogen-bond donors (Lipinski definition) is 1. The van der Waals surface area contributed by atoms with E-state index in [4.69, 9.17) is 5.73 Å². The third-order valence-corrected chi connectivity index (χ3v) is 4.02. The van der Waals surface area contributed by atoms with Gasteiger partial charge in [0.1, 0.15) is 0 Å². The van der Waals surface area contributed by atoms with E-state index in [2.05, 4.69) is 56.8 Å². The fourth-order valence-corrected chi connectivity index (χ4v) is 3.35. The number of aryl methyl sites for hydroxylation is 1. The van der Waals surface area contributed by atoms with Gasteiger partial charge in [0.25, 0.3) is 0 Å². The minimum Gasteiger partial charge on any atom is -0.320 e. The van der Waals surface area contributed by atoms with Gasteiger partial charge < -0.3 is 10.6 Å². The van der Waals surface area contributed by atoms with Crippen LogP contribution in [0.4, 0.5) is 0 Å². The van der Waals surface area contributed by atoms with E-state index in [1.165, 1.54) is 11.1 Å². The second-order valence-corrected chi connectivity index (χ2v) is 5.85. The first kappa shape index (κ1) is 13.3.